The molecule has 1 aromatic heterocycles. The van der Waals surface area contributed by atoms with Crippen molar-refractivity contribution in [2.45, 2.75) is 6.29 Å². The number of rotatable bonds is 3. The van der Waals surface area contributed by atoms with Crippen LogP contribution in [0.1, 0.15) is 11.9 Å². The zero-order valence-corrected chi connectivity index (χ0v) is 9.04. The lowest BCUT2D eigenvalue weighted by Gasteiger charge is -2.15. The number of ether oxygens (including phenoxy) is 2. The van der Waals surface area contributed by atoms with Gasteiger partial charge in [0, 0.05) is 30.5 Å². The molecule has 0 unspecified atom stereocenters. The first kappa shape index (κ1) is 10.4. The van der Waals surface area contributed by atoms with Crippen molar-refractivity contribution < 1.29 is 9.47 Å². The molecule has 2 N–H and O–H groups in total. The van der Waals surface area contributed by atoms with Gasteiger partial charge in [0.1, 0.15) is 5.82 Å². The molecule has 0 bridgehead atoms. The number of hydrogen-bond donors (Lipinski definition) is 1. The van der Waals surface area contributed by atoms with Gasteiger partial charge in [0.15, 0.2) is 6.29 Å². The Bertz CT molecular complexity index is 289. The van der Waals surface area contributed by atoms with Crippen LogP contribution in [-0.4, -0.2) is 19.2 Å². The minimum Gasteiger partial charge on any atom is -0.384 e. The molecule has 0 fully saturated rings. The summed E-state index contributed by atoms with van der Waals surface area (Å²) in [7, 11) is 3.13. The van der Waals surface area contributed by atoms with Crippen LogP contribution >= 0.6 is 15.9 Å². The summed E-state index contributed by atoms with van der Waals surface area (Å²) in [4.78, 5) is 3.91. The quantitative estimate of drug-likeness (QED) is 0.826. The van der Waals surface area contributed by atoms with Crippen molar-refractivity contribution in [2.75, 3.05) is 20.0 Å². The van der Waals surface area contributed by atoms with E-state index in [1.54, 1.807) is 26.5 Å². The van der Waals surface area contributed by atoms with Crippen LogP contribution < -0.4 is 5.73 Å². The molecule has 72 valence electrons. The zero-order chi connectivity index (χ0) is 9.84. The maximum absolute atomic E-state index is 5.53. The number of nitrogens with zero attached hydrogens (tertiary/aromatic N) is 1. The van der Waals surface area contributed by atoms with Crippen LogP contribution in [0.4, 0.5) is 5.82 Å². The zero-order valence-electron chi connectivity index (χ0n) is 7.45. The molecule has 5 heteroatoms. The van der Waals surface area contributed by atoms with E-state index in [0.29, 0.717) is 5.82 Å². The van der Waals surface area contributed by atoms with Crippen molar-refractivity contribution in [1.82, 2.24) is 4.98 Å². The SMILES string of the molecule is COC(OC)c1cc(N)ncc1Br. The molecule has 0 amide bonds. The molecule has 0 atom stereocenters. The summed E-state index contributed by atoms with van der Waals surface area (Å²) in [5.74, 6) is 0.442. The Morgan fingerprint density at radius 2 is 2.08 bits per heavy atom. The van der Waals surface area contributed by atoms with E-state index in [0.717, 1.165) is 10.0 Å². The molecular formula is C8H11BrN2O2. The highest BCUT2D eigenvalue weighted by Crippen LogP contribution is 2.26. The maximum atomic E-state index is 5.53. The molecule has 4 nitrogen and oxygen atoms in total. The van der Waals surface area contributed by atoms with Gasteiger partial charge >= 0.3 is 0 Å². The second-order valence-electron chi connectivity index (χ2n) is 2.43. The summed E-state index contributed by atoms with van der Waals surface area (Å²) in [5, 5.41) is 0. The number of nitrogens with two attached hydrogens (primary N) is 1. The molecule has 0 aliphatic heterocycles. The van der Waals surface area contributed by atoms with Crippen LogP contribution in [0.15, 0.2) is 16.7 Å². The lowest BCUT2D eigenvalue weighted by atomic mass is 10.2. The van der Waals surface area contributed by atoms with E-state index >= 15 is 0 Å². The largest absolute Gasteiger partial charge is 0.384 e. The van der Waals surface area contributed by atoms with Gasteiger partial charge in [0.05, 0.1) is 0 Å². The number of halogens is 1. The minimum absolute atomic E-state index is 0.417. The van der Waals surface area contributed by atoms with Crippen molar-refractivity contribution in [3.05, 3.63) is 22.3 Å². The molecule has 1 aromatic rings. The van der Waals surface area contributed by atoms with E-state index < -0.39 is 6.29 Å². The normalized spacial score (nSPS) is 10.8. The first-order valence-corrected chi connectivity index (χ1v) is 4.45. The summed E-state index contributed by atoms with van der Waals surface area (Å²) in [6.45, 7) is 0. The summed E-state index contributed by atoms with van der Waals surface area (Å²) in [6.07, 6.45) is 1.20. The Morgan fingerprint density at radius 1 is 1.46 bits per heavy atom. The van der Waals surface area contributed by atoms with Crippen LogP contribution in [0.2, 0.25) is 0 Å². The van der Waals surface area contributed by atoms with E-state index in [9.17, 15) is 0 Å². The van der Waals surface area contributed by atoms with Crippen LogP contribution in [0.3, 0.4) is 0 Å². The van der Waals surface area contributed by atoms with Gasteiger partial charge in [-0.05, 0) is 22.0 Å². The number of hydrogen-bond acceptors (Lipinski definition) is 4. The van der Waals surface area contributed by atoms with E-state index in [4.69, 9.17) is 15.2 Å². The smallest absolute Gasteiger partial charge is 0.184 e. The summed E-state index contributed by atoms with van der Waals surface area (Å²) in [6, 6.07) is 1.71. The van der Waals surface area contributed by atoms with Crippen molar-refractivity contribution in [1.29, 1.82) is 0 Å². The average molecular weight is 247 g/mol. The van der Waals surface area contributed by atoms with Crippen LogP contribution in [0, 0.1) is 0 Å². The highest BCUT2D eigenvalue weighted by atomic mass is 79.9. The molecule has 0 aliphatic rings. The van der Waals surface area contributed by atoms with Gasteiger partial charge in [-0.1, -0.05) is 0 Å². The Morgan fingerprint density at radius 3 is 2.62 bits per heavy atom. The van der Waals surface area contributed by atoms with Crippen molar-refractivity contribution in [2.24, 2.45) is 0 Å². The predicted molar refractivity (Wildman–Crippen MR) is 53.1 cm³/mol. The van der Waals surface area contributed by atoms with E-state index in [2.05, 4.69) is 20.9 Å². The molecule has 0 saturated heterocycles. The van der Waals surface area contributed by atoms with Gasteiger partial charge in [-0.3, -0.25) is 0 Å². The molecule has 0 radical (unpaired) electrons. The van der Waals surface area contributed by atoms with Crippen LogP contribution in [0.25, 0.3) is 0 Å². The fourth-order valence-electron chi connectivity index (χ4n) is 1.00. The highest BCUT2D eigenvalue weighted by molar-refractivity contribution is 9.10. The topological polar surface area (TPSA) is 57.4 Å². The number of anilines is 1. The van der Waals surface area contributed by atoms with E-state index in [1.165, 1.54) is 0 Å². The average Bonchev–Trinajstić information content (AvgIpc) is 2.13. The molecule has 0 aromatic carbocycles. The Kier molecular flexibility index (Phi) is 3.65. The lowest BCUT2D eigenvalue weighted by Crippen LogP contribution is -2.06. The molecule has 1 rings (SSSR count). The monoisotopic (exact) mass is 246 g/mol. The van der Waals surface area contributed by atoms with Crippen molar-refractivity contribution in [3.63, 3.8) is 0 Å². The predicted octanol–water partition coefficient (Wildman–Crippen LogP) is 1.72. The molecule has 13 heavy (non-hydrogen) atoms. The van der Waals surface area contributed by atoms with Gasteiger partial charge in [-0.25, -0.2) is 4.98 Å². The number of nitrogen functional groups attached to an aromatic ring is 1. The summed E-state index contributed by atoms with van der Waals surface area (Å²) >= 11 is 3.33. The molecular weight excluding hydrogens is 236 g/mol. The third-order valence-corrected chi connectivity index (χ3v) is 2.25. The van der Waals surface area contributed by atoms with Crippen LogP contribution in [-0.2, 0) is 9.47 Å². The number of pyridine rings is 1. The summed E-state index contributed by atoms with van der Waals surface area (Å²) in [5.41, 5.74) is 6.36. The lowest BCUT2D eigenvalue weighted by molar-refractivity contribution is -0.106. The summed E-state index contributed by atoms with van der Waals surface area (Å²) < 4.78 is 11.0. The third-order valence-electron chi connectivity index (χ3n) is 1.59. The Balaban J connectivity index is 3.03. The third kappa shape index (κ3) is 2.40. The van der Waals surface area contributed by atoms with Gasteiger partial charge < -0.3 is 15.2 Å². The number of aromatic nitrogens is 1. The standard InChI is InChI=1S/C8H11BrN2O2/c1-12-8(13-2)5-3-7(10)11-4-6(5)9/h3-4,8H,1-2H3,(H2,10,11). The second-order valence-corrected chi connectivity index (χ2v) is 3.29. The van der Waals surface area contributed by atoms with E-state index in [1.807, 2.05) is 0 Å². The molecule has 0 saturated carbocycles. The van der Waals surface area contributed by atoms with Gasteiger partial charge in [-0.2, -0.15) is 0 Å². The van der Waals surface area contributed by atoms with Crippen molar-refractivity contribution in [3.8, 4) is 0 Å². The van der Waals surface area contributed by atoms with Gasteiger partial charge in [0.2, 0.25) is 0 Å². The number of methoxy groups -OCH3 is 2. The van der Waals surface area contributed by atoms with Crippen molar-refractivity contribution >= 4 is 21.7 Å². The fraction of sp³-hybridized carbons (Fsp3) is 0.375. The molecule has 0 spiro atoms. The first-order chi connectivity index (χ1) is 6.19. The minimum atomic E-state index is -0.417. The molecule has 1 heterocycles. The second kappa shape index (κ2) is 4.55. The first-order valence-electron chi connectivity index (χ1n) is 3.65. The Labute approximate surface area is 85.2 Å². The van der Waals surface area contributed by atoms with E-state index in [-0.39, 0.29) is 0 Å². The van der Waals surface area contributed by atoms with Gasteiger partial charge in [0.25, 0.3) is 0 Å². The maximum Gasteiger partial charge on any atom is 0.184 e. The van der Waals surface area contributed by atoms with Crippen LogP contribution in [0.5, 0.6) is 0 Å². The Hall–Kier alpha value is -0.650. The fourth-order valence-corrected chi connectivity index (χ4v) is 1.41. The van der Waals surface area contributed by atoms with Gasteiger partial charge in [-0.15, -0.1) is 0 Å². The molecule has 0 aliphatic carbocycles. The highest BCUT2D eigenvalue weighted by Gasteiger charge is 2.13.